The molecule has 0 aromatic heterocycles. The highest BCUT2D eigenvalue weighted by molar-refractivity contribution is 5.85. The Balaban J connectivity index is 0.00000289. The summed E-state index contributed by atoms with van der Waals surface area (Å²) in [6, 6.07) is 1.95. The van der Waals surface area contributed by atoms with E-state index in [1.165, 1.54) is 0 Å². The SMILES string of the molecule is Cl.NCC[C@H](N)c1cc(OC(F)(F)F)ccc1F. The summed E-state index contributed by atoms with van der Waals surface area (Å²) >= 11 is 0. The fourth-order valence-corrected chi connectivity index (χ4v) is 1.34. The molecule has 0 amide bonds. The van der Waals surface area contributed by atoms with Crippen LogP contribution in [0.25, 0.3) is 0 Å². The van der Waals surface area contributed by atoms with Crippen LogP contribution in [0.1, 0.15) is 18.0 Å². The predicted octanol–water partition coefficient (Wildman–Crippen LogP) is 2.49. The van der Waals surface area contributed by atoms with Gasteiger partial charge in [-0.25, -0.2) is 4.39 Å². The van der Waals surface area contributed by atoms with Crippen molar-refractivity contribution in [2.45, 2.75) is 18.8 Å². The van der Waals surface area contributed by atoms with Crippen molar-refractivity contribution >= 4 is 12.4 Å². The van der Waals surface area contributed by atoms with Crippen LogP contribution in [-0.2, 0) is 0 Å². The molecular weight excluding hydrogens is 276 g/mol. The molecule has 1 aromatic carbocycles. The number of hydrogen-bond donors (Lipinski definition) is 2. The third-order valence-corrected chi connectivity index (χ3v) is 2.08. The Morgan fingerprint density at radius 3 is 2.39 bits per heavy atom. The maximum atomic E-state index is 13.3. The highest BCUT2D eigenvalue weighted by Gasteiger charge is 2.31. The van der Waals surface area contributed by atoms with Crippen molar-refractivity contribution in [2.24, 2.45) is 11.5 Å². The van der Waals surface area contributed by atoms with E-state index < -0.39 is 24.0 Å². The van der Waals surface area contributed by atoms with Crippen LogP contribution in [0, 0.1) is 5.82 Å². The predicted molar refractivity (Wildman–Crippen MR) is 60.9 cm³/mol. The number of halogens is 5. The van der Waals surface area contributed by atoms with Gasteiger partial charge in [-0.3, -0.25) is 0 Å². The van der Waals surface area contributed by atoms with Crippen LogP contribution < -0.4 is 16.2 Å². The summed E-state index contributed by atoms with van der Waals surface area (Å²) in [7, 11) is 0. The Hall–Kier alpha value is -1.05. The van der Waals surface area contributed by atoms with Gasteiger partial charge in [-0.2, -0.15) is 0 Å². The summed E-state index contributed by atoms with van der Waals surface area (Å²) in [6.45, 7) is 0.213. The maximum absolute atomic E-state index is 13.3. The lowest BCUT2D eigenvalue weighted by Crippen LogP contribution is -2.19. The number of alkyl halides is 3. The minimum absolute atomic E-state index is 0. The molecule has 0 aliphatic heterocycles. The molecular formula is C10H13ClF4N2O. The van der Waals surface area contributed by atoms with Crippen LogP contribution in [0.4, 0.5) is 17.6 Å². The first-order chi connectivity index (χ1) is 7.83. The van der Waals surface area contributed by atoms with E-state index in [4.69, 9.17) is 11.5 Å². The molecule has 0 aliphatic rings. The summed E-state index contributed by atoms with van der Waals surface area (Å²) in [4.78, 5) is 0. The molecule has 3 nitrogen and oxygen atoms in total. The molecule has 0 bridgehead atoms. The summed E-state index contributed by atoms with van der Waals surface area (Å²) < 4.78 is 52.9. The van der Waals surface area contributed by atoms with Crippen molar-refractivity contribution in [3.05, 3.63) is 29.6 Å². The molecule has 0 saturated carbocycles. The number of rotatable bonds is 4. The van der Waals surface area contributed by atoms with Gasteiger partial charge in [0.05, 0.1) is 0 Å². The van der Waals surface area contributed by atoms with E-state index in [-0.39, 0.29) is 30.9 Å². The molecule has 0 aliphatic carbocycles. The molecule has 0 heterocycles. The topological polar surface area (TPSA) is 61.3 Å². The molecule has 8 heteroatoms. The highest BCUT2D eigenvalue weighted by Crippen LogP contribution is 2.27. The van der Waals surface area contributed by atoms with Gasteiger partial charge in [0.1, 0.15) is 11.6 Å². The molecule has 104 valence electrons. The van der Waals surface area contributed by atoms with Gasteiger partial charge in [0.2, 0.25) is 0 Å². The number of hydrogen-bond acceptors (Lipinski definition) is 3. The lowest BCUT2D eigenvalue weighted by Gasteiger charge is -2.14. The van der Waals surface area contributed by atoms with E-state index in [0.717, 1.165) is 18.2 Å². The second-order valence-electron chi connectivity index (χ2n) is 3.41. The Morgan fingerprint density at radius 2 is 1.89 bits per heavy atom. The fourth-order valence-electron chi connectivity index (χ4n) is 1.34. The third kappa shape index (κ3) is 5.07. The molecule has 18 heavy (non-hydrogen) atoms. The lowest BCUT2D eigenvalue weighted by molar-refractivity contribution is -0.274. The molecule has 4 N–H and O–H groups in total. The third-order valence-electron chi connectivity index (χ3n) is 2.08. The molecule has 0 spiro atoms. The van der Waals surface area contributed by atoms with E-state index in [0.29, 0.717) is 0 Å². The van der Waals surface area contributed by atoms with Crippen LogP contribution in [0.2, 0.25) is 0 Å². The van der Waals surface area contributed by atoms with Gasteiger partial charge < -0.3 is 16.2 Å². The van der Waals surface area contributed by atoms with Gasteiger partial charge in [-0.15, -0.1) is 25.6 Å². The number of ether oxygens (including phenoxy) is 1. The quantitative estimate of drug-likeness (QED) is 0.837. The average molecular weight is 289 g/mol. The van der Waals surface area contributed by atoms with Gasteiger partial charge in [0, 0.05) is 11.6 Å². The van der Waals surface area contributed by atoms with Gasteiger partial charge in [-0.05, 0) is 31.2 Å². The first-order valence-electron chi connectivity index (χ1n) is 4.84. The standard InChI is InChI=1S/C10H12F4N2O.ClH/c11-8-2-1-6(17-10(12,13)14)5-7(8)9(16)3-4-15;/h1-2,5,9H,3-4,15-16H2;1H/t9-;/m0./s1. The minimum atomic E-state index is -4.81. The van der Waals surface area contributed by atoms with Crippen molar-refractivity contribution in [3.63, 3.8) is 0 Å². The van der Waals surface area contributed by atoms with Gasteiger partial charge in [0.15, 0.2) is 0 Å². The minimum Gasteiger partial charge on any atom is -0.406 e. The Labute approximate surface area is 107 Å². The van der Waals surface area contributed by atoms with E-state index in [2.05, 4.69) is 4.74 Å². The first-order valence-corrected chi connectivity index (χ1v) is 4.84. The van der Waals surface area contributed by atoms with Gasteiger partial charge in [0.25, 0.3) is 0 Å². The second-order valence-corrected chi connectivity index (χ2v) is 3.41. The second kappa shape index (κ2) is 6.77. The van der Waals surface area contributed by atoms with Crippen molar-refractivity contribution < 1.29 is 22.3 Å². The average Bonchev–Trinajstić information content (AvgIpc) is 2.19. The highest BCUT2D eigenvalue weighted by atomic mass is 35.5. The normalized spacial score (nSPS) is 12.8. The summed E-state index contributed by atoms with van der Waals surface area (Å²) in [5, 5.41) is 0. The largest absolute Gasteiger partial charge is 0.573 e. The van der Waals surface area contributed by atoms with E-state index >= 15 is 0 Å². The van der Waals surface area contributed by atoms with Crippen LogP contribution in [-0.4, -0.2) is 12.9 Å². The number of nitrogens with two attached hydrogens (primary N) is 2. The van der Waals surface area contributed by atoms with Crippen molar-refractivity contribution in [3.8, 4) is 5.75 Å². The fraction of sp³-hybridized carbons (Fsp3) is 0.400. The van der Waals surface area contributed by atoms with Crippen LogP contribution in [0.5, 0.6) is 5.75 Å². The zero-order valence-corrected chi connectivity index (χ0v) is 10.0. The molecule has 0 saturated heterocycles. The Bertz CT molecular complexity index is 387. The Morgan fingerprint density at radius 1 is 1.28 bits per heavy atom. The molecule has 1 rings (SSSR count). The van der Waals surface area contributed by atoms with Crippen LogP contribution >= 0.6 is 12.4 Å². The first kappa shape index (κ1) is 16.9. The summed E-state index contributed by atoms with van der Waals surface area (Å²) in [6.07, 6.45) is -4.54. The zero-order valence-electron chi connectivity index (χ0n) is 9.21. The van der Waals surface area contributed by atoms with E-state index in [1.54, 1.807) is 0 Å². The lowest BCUT2D eigenvalue weighted by atomic mass is 10.0. The molecule has 0 radical (unpaired) electrons. The van der Waals surface area contributed by atoms with Crippen molar-refractivity contribution in [1.29, 1.82) is 0 Å². The van der Waals surface area contributed by atoms with Crippen LogP contribution in [0.15, 0.2) is 18.2 Å². The molecule has 0 unspecified atom stereocenters. The van der Waals surface area contributed by atoms with Crippen molar-refractivity contribution in [2.75, 3.05) is 6.54 Å². The maximum Gasteiger partial charge on any atom is 0.573 e. The zero-order chi connectivity index (χ0) is 13.1. The van der Waals surface area contributed by atoms with Crippen LogP contribution in [0.3, 0.4) is 0 Å². The smallest absolute Gasteiger partial charge is 0.406 e. The van der Waals surface area contributed by atoms with Gasteiger partial charge in [-0.1, -0.05) is 0 Å². The summed E-state index contributed by atoms with van der Waals surface area (Å²) in [5.41, 5.74) is 10.8. The van der Waals surface area contributed by atoms with E-state index in [1.807, 2.05) is 0 Å². The van der Waals surface area contributed by atoms with Gasteiger partial charge >= 0.3 is 6.36 Å². The Kier molecular flexibility index (Phi) is 6.37. The molecule has 0 fully saturated rings. The van der Waals surface area contributed by atoms with Crippen molar-refractivity contribution in [1.82, 2.24) is 0 Å². The molecule has 1 atom stereocenters. The monoisotopic (exact) mass is 288 g/mol. The number of benzene rings is 1. The summed E-state index contributed by atoms with van der Waals surface area (Å²) in [5.74, 6) is -1.18. The van der Waals surface area contributed by atoms with E-state index in [9.17, 15) is 17.6 Å². The molecule has 1 aromatic rings.